The minimum Gasteiger partial charge on any atom is -0.351 e. The molecule has 20 heavy (non-hydrogen) atoms. The van der Waals surface area contributed by atoms with E-state index in [1.165, 1.54) is 28.5 Å². The van der Waals surface area contributed by atoms with Crippen LogP contribution >= 0.6 is 11.3 Å². The second-order valence-electron chi connectivity index (χ2n) is 5.00. The normalized spacial score (nSPS) is 17.3. The van der Waals surface area contributed by atoms with Gasteiger partial charge in [-0.1, -0.05) is 12.1 Å². The molecule has 2 aromatic rings. The van der Waals surface area contributed by atoms with Crippen LogP contribution in [-0.4, -0.2) is 11.1 Å². The van der Waals surface area contributed by atoms with Gasteiger partial charge in [-0.25, -0.2) is 0 Å². The fourth-order valence-corrected chi connectivity index (χ4v) is 3.81. The zero-order valence-electron chi connectivity index (χ0n) is 11.0. The molecule has 0 bridgehead atoms. The number of hydrogen-bond donors (Lipinski definition) is 1. The predicted octanol–water partition coefficient (Wildman–Crippen LogP) is 2.98. The Morgan fingerprint density at radius 1 is 1.65 bits per heavy atom. The van der Waals surface area contributed by atoms with Gasteiger partial charge in [-0.2, -0.15) is 5.26 Å². The number of nitriles is 1. The monoisotopic (exact) mass is 287 g/mol. The summed E-state index contributed by atoms with van der Waals surface area (Å²) in [4.78, 5) is 13.2. The highest BCUT2D eigenvalue weighted by atomic mass is 32.1. The summed E-state index contributed by atoms with van der Waals surface area (Å²) in [5, 5.41) is 16.2. The van der Waals surface area contributed by atoms with E-state index in [0.29, 0.717) is 16.5 Å². The Kier molecular flexibility index (Phi) is 3.28. The van der Waals surface area contributed by atoms with E-state index >= 15 is 0 Å². The van der Waals surface area contributed by atoms with Crippen LogP contribution in [0.25, 0.3) is 0 Å². The molecule has 1 atom stereocenters. The lowest BCUT2D eigenvalue weighted by Gasteiger charge is -2.17. The molecule has 3 rings (SSSR count). The van der Waals surface area contributed by atoms with Gasteiger partial charge in [-0.3, -0.25) is 4.79 Å². The first-order valence-electron chi connectivity index (χ1n) is 6.45. The number of fused-ring (bicyclic) bond motifs is 1. The number of aromatic nitrogens is 1. The van der Waals surface area contributed by atoms with Gasteiger partial charge in [0.15, 0.2) is 0 Å². The van der Waals surface area contributed by atoms with E-state index in [0.717, 1.165) is 24.8 Å². The van der Waals surface area contributed by atoms with E-state index in [-0.39, 0.29) is 11.7 Å². The molecule has 5 nitrogen and oxygen atoms in total. The van der Waals surface area contributed by atoms with E-state index in [4.69, 9.17) is 4.52 Å². The highest BCUT2D eigenvalue weighted by Gasteiger charge is 2.25. The van der Waals surface area contributed by atoms with Crippen LogP contribution < -0.4 is 5.32 Å². The van der Waals surface area contributed by atoms with E-state index in [1.54, 1.807) is 0 Å². The largest absolute Gasteiger partial charge is 0.351 e. The maximum Gasteiger partial charge on any atom is 0.294 e. The molecule has 0 spiro atoms. The maximum atomic E-state index is 12.0. The van der Waals surface area contributed by atoms with Crippen molar-refractivity contribution in [3.05, 3.63) is 34.0 Å². The molecule has 1 amide bonds. The van der Waals surface area contributed by atoms with Crippen molar-refractivity contribution in [1.29, 1.82) is 5.26 Å². The molecule has 2 aromatic heterocycles. The molecule has 0 fully saturated rings. The molecule has 0 unspecified atom stereocenters. The lowest BCUT2D eigenvalue weighted by molar-refractivity contribution is 0.0988. The van der Waals surface area contributed by atoms with Gasteiger partial charge in [0.25, 0.3) is 5.91 Å². The average Bonchev–Trinajstić information content (AvgIpc) is 3.04. The Balaban J connectivity index is 1.91. The number of anilines is 1. The summed E-state index contributed by atoms with van der Waals surface area (Å²) in [5.74, 6) is 0.407. The highest BCUT2D eigenvalue weighted by Crippen LogP contribution is 2.39. The number of thiophene rings is 1. The number of nitrogens with one attached hydrogen (secondary N) is 1. The van der Waals surface area contributed by atoms with Crippen molar-refractivity contribution in [2.24, 2.45) is 5.92 Å². The molecule has 2 heterocycles. The molecule has 0 saturated carbocycles. The number of carbonyl (C=O) groups excluding carboxylic acids is 1. The Hall–Kier alpha value is -2.13. The number of amides is 1. The van der Waals surface area contributed by atoms with Gasteiger partial charge in [-0.05, 0) is 30.7 Å². The molecular formula is C14H13N3O2S. The Morgan fingerprint density at radius 3 is 3.20 bits per heavy atom. The van der Waals surface area contributed by atoms with E-state index in [2.05, 4.69) is 23.5 Å². The standard InChI is InChI=1S/C14H13N3O2S/c1-8-2-3-9-10(7-15)14(20-12(9)6-8)17-13(18)11-4-5-16-19-11/h4-5,8H,2-3,6H2,1H3,(H,17,18)/t8-/m1/s1. The van der Waals surface area contributed by atoms with Crippen molar-refractivity contribution in [3.8, 4) is 6.07 Å². The first-order valence-corrected chi connectivity index (χ1v) is 7.27. The molecular weight excluding hydrogens is 274 g/mol. The molecule has 1 aliphatic carbocycles. The van der Waals surface area contributed by atoms with Crippen LogP contribution in [0.3, 0.4) is 0 Å². The van der Waals surface area contributed by atoms with Crippen molar-refractivity contribution >= 4 is 22.2 Å². The van der Waals surface area contributed by atoms with E-state index in [9.17, 15) is 10.1 Å². The Bertz CT molecular complexity index is 682. The van der Waals surface area contributed by atoms with Gasteiger partial charge >= 0.3 is 0 Å². The fraction of sp³-hybridized carbons (Fsp3) is 0.357. The highest BCUT2D eigenvalue weighted by molar-refractivity contribution is 7.16. The van der Waals surface area contributed by atoms with Gasteiger partial charge in [0.1, 0.15) is 11.1 Å². The number of rotatable bonds is 2. The summed E-state index contributed by atoms with van der Waals surface area (Å²) >= 11 is 1.50. The minimum atomic E-state index is -0.370. The van der Waals surface area contributed by atoms with E-state index < -0.39 is 0 Å². The smallest absolute Gasteiger partial charge is 0.294 e. The van der Waals surface area contributed by atoms with E-state index in [1.807, 2.05) is 0 Å². The van der Waals surface area contributed by atoms with Crippen molar-refractivity contribution in [3.63, 3.8) is 0 Å². The molecule has 1 N–H and O–H groups in total. The molecule has 0 saturated heterocycles. The van der Waals surface area contributed by atoms with Crippen LogP contribution in [-0.2, 0) is 12.8 Å². The summed E-state index contributed by atoms with van der Waals surface area (Å²) in [6.07, 6.45) is 4.40. The van der Waals surface area contributed by atoms with Crippen LogP contribution in [0.15, 0.2) is 16.8 Å². The zero-order chi connectivity index (χ0) is 14.1. The SMILES string of the molecule is C[C@@H]1CCc2c(sc(NC(=O)c3ccno3)c2C#N)C1. The molecule has 0 aliphatic heterocycles. The first-order chi connectivity index (χ1) is 9.69. The third-order valence-corrected chi connectivity index (χ3v) is 4.68. The van der Waals surface area contributed by atoms with Crippen LogP contribution in [0.5, 0.6) is 0 Å². The zero-order valence-corrected chi connectivity index (χ0v) is 11.8. The van der Waals surface area contributed by atoms with Crippen LogP contribution in [0, 0.1) is 17.2 Å². The molecule has 0 aromatic carbocycles. The van der Waals surface area contributed by atoms with Gasteiger partial charge in [0.05, 0.1) is 11.8 Å². The number of carbonyl (C=O) groups is 1. The molecule has 0 radical (unpaired) electrons. The third-order valence-electron chi connectivity index (χ3n) is 3.51. The summed E-state index contributed by atoms with van der Waals surface area (Å²) in [6.45, 7) is 2.21. The quantitative estimate of drug-likeness (QED) is 0.921. The minimum absolute atomic E-state index is 0.147. The molecule has 6 heteroatoms. The lowest BCUT2D eigenvalue weighted by atomic mass is 9.89. The summed E-state index contributed by atoms with van der Waals surface area (Å²) in [6, 6.07) is 3.72. The first kappa shape index (κ1) is 12.9. The Labute approximate surface area is 120 Å². The van der Waals surface area contributed by atoms with Crippen LogP contribution in [0.4, 0.5) is 5.00 Å². The topological polar surface area (TPSA) is 78.9 Å². The number of nitrogens with zero attached hydrogens (tertiary/aromatic N) is 2. The second-order valence-corrected chi connectivity index (χ2v) is 6.10. The van der Waals surface area contributed by atoms with Gasteiger partial charge in [0.2, 0.25) is 5.76 Å². The Morgan fingerprint density at radius 2 is 2.50 bits per heavy atom. The molecule has 1 aliphatic rings. The van der Waals surface area contributed by atoms with Gasteiger partial charge < -0.3 is 9.84 Å². The lowest BCUT2D eigenvalue weighted by Crippen LogP contribution is -2.11. The average molecular weight is 287 g/mol. The van der Waals surface area contributed by atoms with Gasteiger partial charge in [-0.15, -0.1) is 11.3 Å². The summed E-state index contributed by atoms with van der Waals surface area (Å²) in [5.41, 5.74) is 1.70. The third kappa shape index (κ3) is 2.21. The maximum absolute atomic E-state index is 12.0. The fourth-order valence-electron chi connectivity index (χ4n) is 2.45. The van der Waals surface area contributed by atoms with Crippen LogP contribution in [0.1, 0.15) is 39.9 Å². The molecule has 102 valence electrons. The van der Waals surface area contributed by atoms with Crippen LogP contribution in [0.2, 0.25) is 0 Å². The summed E-state index contributed by atoms with van der Waals surface area (Å²) < 4.78 is 4.82. The number of hydrogen-bond acceptors (Lipinski definition) is 5. The van der Waals surface area contributed by atoms with Crippen molar-refractivity contribution < 1.29 is 9.32 Å². The predicted molar refractivity (Wildman–Crippen MR) is 74.7 cm³/mol. The van der Waals surface area contributed by atoms with Crippen molar-refractivity contribution in [2.75, 3.05) is 5.32 Å². The van der Waals surface area contributed by atoms with Gasteiger partial charge in [0, 0.05) is 10.9 Å². The second kappa shape index (κ2) is 5.10. The summed E-state index contributed by atoms with van der Waals surface area (Å²) in [7, 11) is 0. The van der Waals surface area contributed by atoms with Crippen molar-refractivity contribution in [2.45, 2.75) is 26.2 Å². The van der Waals surface area contributed by atoms with Crippen molar-refractivity contribution in [1.82, 2.24) is 5.16 Å².